The summed E-state index contributed by atoms with van der Waals surface area (Å²) in [4.78, 5) is 15.6. The van der Waals surface area contributed by atoms with Crippen molar-refractivity contribution < 1.29 is 8.83 Å². The molecular formula is C57H35N3O2. The molecule has 0 radical (unpaired) electrons. The largest absolute Gasteiger partial charge is 0.456 e. The van der Waals surface area contributed by atoms with Crippen molar-refractivity contribution in [3.63, 3.8) is 0 Å². The van der Waals surface area contributed by atoms with Crippen molar-refractivity contribution in [2.75, 3.05) is 0 Å². The number of aromatic nitrogens is 3. The molecule has 5 heteroatoms. The molecule has 0 aliphatic heterocycles. The quantitative estimate of drug-likeness (QED) is 0.161. The van der Waals surface area contributed by atoms with Crippen LogP contribution in [0.2, 0.25) is 0 Å². The molecule has 0 saturated carbocycles. The molecule has 0 bridgehead atoms. The van der Waals surface area contributed by atoms with E-state index in [2.05, 4.69) is 140 Å². The van der Waals surface area contributed by atoms with Gasteiger partial charge in [-0.05, 0) is 47.0 Å². The van der Waals surface area contributed by atoms with Gasteiger partial charge in [0, 0.05) is 49.5 Å². The maximum atomic E-state index is 6.90. The molecule has 0 amide bonds. The summed E-state index contributed by atoms with van der Waals surface area (Å²) in [5, 5.41) is 4.10. The molecule has 4 aromatic heterocycles. The lowest BCUT2D eigenvalue weighted by Gasteiger charge is -2.11. The molecule has 0 saturated heterocycles. The Morgan fingerprint density at radius 2 is 0.903 bits per heavy atom. The molecule has 4 heterocycles. The lowest BCUT2D eigenvalue weighted by molar-refractivity contribution is 0.636. The lowest BCUT2D eigenvalue weighted by atomic mass is 9.94. The average Bonchev–Trinajstić information content (AvgIpc) is 3.95. The Morgan fingerprint density at radius 3 is 1.63 bits per heavy atom. The first-order chi connectivity index (χ1) is 30.7. The van der Waals surface area contributed by atoms with Gasteiger partial charge in [0.05, 0.1) is 28.0 Å². The summed E-state index contributed by atoms with van der Waals surface area (Å²) in [6.45, 7) is 0. The Labute approximate surface area is 357 Å². The van der Waals surface area contributed by atoms with Gasteiger partial charge in [0.25, 0.3) is 0 Å². The first-order valence-electron chi connectivity index (χ1n) is 20.8. The van der Waals surface area contributed by atoms with Crippen molar-refractivity contribution in [3.8, 4) is 78.7 Å². The zero-order valence-electron chi connectivity index (χ0n) is 33.4. The third kappa shape index (κ3) is 6.06. The summed E-state index contributed by atoms with van der Waals surface area (Å²) in [5.74, 6) is 1.50. The van der Waals surface area contributed by atoms with Gasteiger partial charge in [-0.1, -0.05) is 182 Å². The van der Waals surface area contributed by atoms with E-state index in [-0.39, 0.29) is 0 Å². The molecule has 290 valence electrons. The number of hydrogen-bond donors (Lipinski definition) is 0. The Bertz CT molecular complexity index is 3600. The molecular weight excluding hydrogens is 759 g/mol. The van der Waals surface area contributed by atoms with E-state index in [1.54, 1.807) is 0 Å². The minimum Gasteiger partial charge on any atom is -0.456 e. The highest BCUT2D eigenvalue weighted by Gasteiger charge is 2.24. The molecule has 0 aliphatic rings. The molecule has 8 aromatic carbocycles. The molecule has 12 rings (SSSR count). The first-order valence-corrected chi connectivity index (χ1v) is 20.8. The van der Waals surface area contributed by atoms with E-state index < -0.39 is 0 Å². The van der Waals surface area contributed by atoms with Gasteiger partial charge in [0.1, 0.15) is 22.5 Å². The highest BCUT2D eigenvalue weighted by Crippen LogP contribution is 2.47. The minimum absolute atomic E-state index is 0.669. The second-order valence-electron chi connectivity index (χ2n) is 15.5. The summed E-state index contributed by atoms with van der Waals surface area (Å²) in [5.41, 5.74) is 15.3. The lowest BCUT2D eigenvalue weighted by Crippen LogP contribution is -1.96. The van der Waals surface area contributed by atoms with E-state index in [0.29, 0.717) is 5.82 Å². The minimum atomic E-state index is 0.669. The molecule has 5 nitrogen and oxygen atoms in total. The van der Waals surface area contributed by atoms with Crippen LogP contribution in [0.5, 0.6) is 0 Å². The Kier molecular flexibility index (Phi) is 8.42. The van der Waals surface area contributed by atoms with Crippen molar-refractivity contribution in [2.45, 2.75) is 0 Å². The second-order valence-corrected chi connectivity index (χ2v) is 15.5. The van der Waals surface area contributed by atoms with Crippen molar-refractivity contribution in [1.29, 1.82) is 0 Å². The van der Waals surface area contributed by atoms with Gasteiger partial charge in [-0.15, -0.1) is 0 Å². The number of para-hydroxylation sites is 2. The summed E-state index contributed by atoms with van der Waals surface area (Å²) in [6, 6.07) is 73.0. The molecule has 0 aliphatic carbocycles. The third-order valence-corrected chi connectivity index (χ3v) is 11.7. The number of fused-ring (bicyclic) bond motifs is 6. The molecule has 0 fully saturated rings. The predicted molar refractivity (Wildman–Crippen MR) is 252 cm³/mol. The number of benzene rings is 8. The monoisotopic (exact) mass is 793 g/mol. The van der Waals surface area contributed by atoms with Gasteiger partial charge in [0.2, 0.25) is 0 Å². The van der Waals surface area contributed by atoms with Crippen LogP contribution in [0.15, 0.2) is 221 Å². The van der Waals surface area contributed by atoms with Crippen molar-refractivity contribution in [1.82, 2.24) is 15.0 Å². The standard InChI is InChI=1S/C57H35N3O2/c1-4-15-39(16-5-1)51-53-54(58-46-24-12-10-21-44(46)56(53)62-55(51)41-17-6-2-7-18-41)40-33-29-37(30-34-40)36-27-31-38(32-28-36)47-35-48(60-57(59-47)42-19-8-3-9-20-42)43-23-14-26-50-52(43)45-22-11-13-25-49(45)61-50/h1-35H. The number of furan rings is 2. The van der Waals surface area contributed by atoms with Crippen LogP contribution in [-0.4, -0.2) is 15.0 Å². The number of rotatable bonds is 7. The van der Waals surface area contributed by atoms with E-state index >= 15 is 0 Å². The van der Waals surface area contributed by atoms with Crippen LogP contribution >= 0.6 is 0 Å². The number of pyridine rings is 1. The average molecular weight is 794 g/mol. The van der Waals surface area contributed by atoms with Crippen LogP contribution in [0.3, 0.4) is 0 Å². The molecule has 0 atom stereocenters. The molecule has 62 heavy (non-hydrogen) atoms. The van der Waals surface area contributed by atoms with Gasteiger partial charge in [-0.2, -0.15) is 0 Å². The highest BCUT2D eigenvalue weighted by molar-refractivity contribution is 6.17. The van der Waals surface area contributed by atoms with Gasteiger partial charge in [0.15, 0.2) is 5.82 Å². The molecule has 0 N–H and O–H groups in total. The van der Waals surface area contributed by atoms with Gasteiger partial charge >= 0.3 is 0 Å². The SMILES string of the molecule is c1ccc(-c2nc(-c3ccc(-c4ccc(-c5nc6ccccc6c6oc(-c7ccccc7)c(-c7ccccc7)c56)cc4)cc3)cc(-c3cccc4oc5ccccc5c34)n2)cc1. The Balaban J connectivity index is 0.947. The summed E-state index contributed by atoms with van der Waals surface area (Å²) in [6.07, 6.45) is 0. The number of nitrogens with zero attached hydrogens (tertiary/aromatic N) is 3. The van der Waals surface area contributed by atoms with E-state index in [4.69, 9.17) is 23.8 Å². The van der Waals surface area contributed by atoms with Crippen LogP contribution in [0, 0.1) is 0 Å². The fraction of sp³-hybridized carbons (Fsp3) is 0. The number of hydrogen-bond acceptors (Lipinski definition) is 5. The van der Waals surface area contributed by atoms with Crippen LogP contribution in [-0.2, 0) is 0 Å². The second kappa shape index (κ2) is 14.7. The first kappa shape index (κ1) is 35.5. The smallest absolute Gasteiger partial charge is 0.160 e. The summed E-state index contributed by atoms with van der Waals surface area (Å²) >= 11 is 0. The van der Waals surface area contributed by atoms with Crippen molar-refractivity contribution in [2.24, 2.45) is 0 Å². The molecule has 0 unspecified atom stereocenters. The van der Waals surface area contributed by atoms with Crippen LogP contribution in [0.4, 0.5) is 0 Å². The zero-order chi connectivity index (χ0) is 41.0. The maximum absolute atomic E-state index is 6.90. The van der Waals surface area contributed by atoms with Crippen LogP contribution in [0.1, 0.15) is 0 Å². The van der Waals surface area contributed by atoms with Crippen LogP contribution < -0.4 is 0 Å². The third-order valence-electron chi connectivity index (χ3n) is 11.7. The fourth-order valence-corrected chi connectivity index (χ4v) is 8.76. The van der Waals surface area contributed by atoms with E-state index in [1.165, 1.54) is 0 Å². The topological polar surface area (TPSA) is 65.0 Å². The van der Waals surface area contributed by atoms with E-state index in [9.17, 15) is 0 Å². The summed E-state index contributed by atoms with van der Waals surface area (Å²) in [7, 11) is 0. The van der Waals surface area contributed by atoms with Crippen molar-refractivity contribution in [3.05, 3.63) is 212 Å². The predicted octanol–water partition coefficient (Wildman–Crippen LogP) is 15.3. The molecule has 12 aromatic rings. The summed E-state index contributed by atoms with van der Waals surface area (Å²) < 4.78 is 13.2. The van der Waals surface area contributed by atoms with E-state index in [0.717, 1.165) is 117 Å². The highest BCUT2D eigenvalue weighted by atomic mass is 16.3. The fourth-order valence-electron chi connectivity index (χ4n) is 8.76. The van der Waals surface area contributed by atoms with Gasteiger partial charge in [-0.3, -0.25) is 0 Å². The maximum Gasteiger partial charge on any atom is 0.160 e. The Morgan fingerprint density at radius 1 is 0.339 bits per heavy atom. The van der Waals surface area contributed by atoms with Gasteiger partial charge in [-0.25, -0.2) is 15.0 Å². The van der Waals surface area contributed by atoms with Gasteiger partial charge < -0.3 is 8.83 Å². The Hall–Kier alpha value is -8.41. The molecule has 0 spiro atoms. The van der Waals surface area contributed by atoms with Crippen molar-refractivity contribution >= 4 is 43.8 Å². The normalized spacial score (nSPS) is 11.5. The van der Waals surface area contributed by atoms with Crippen LogP contribution in [0.25, 0.3) is 123 Å². The van der Waals surface area contributed by atoms with E-state index in [1.807, 2.05) is 72.8 Å². The zero-order valence-corrected chi connectivity index (χ0v) is 33.4.